The van der Waals surface area contributed by atoms with Crippen molar-refractivity contribution in [2.24, 2.45) is 0 Å². The van der Waals surface area contributed by atoms with Crippen LogP contribution >= 0.6 is 0 Å². The molecule has 0 aliphatic heterocycles. The van der Waals surface area contributed by atoms with Gasteiger partial charge in [-0.1, -0.05) is 36.4 Å². The number of esters is 1. The van der Waals surface area contributed by atoms with Crippen LogP contribution in [-0.2, 0) is 6.42 Å². The molecule has 5 rings (SSSR count). The topological polar surface area (TPSA) is 83.6 Å². The van der Waals surface area contributed by atoms with Crippen LogP contribution in [0.5, 0.6) is 5.75 Å². The number of carbonyl (C=O) groups is 1. The second kappa shape index (κ2) is 9.26. The van der Waals surface area contributed by atoms with Gasteiger partial charge < -0.3 is 9.57 Å². The second-order valence-corrected chi connectivity index (χ2v) is 7.86. The minimum atomic E-state index is -0.585. The van der Waals surface area contributed by atoms with Crippen molar-refractivity contribution in [3.8, 4) is 5.75 Å². The van der Waals surface area contributed by atoms with E-state index < -0.39 is 10.9 Å². The normalized spacial score (nSPS) is 11.0. The van der Waals surface area contributed by atoms with Crippen molar-refractivity contribution in [1.82, 2.24) is 4.73 Å². The van der Waals surface area contributed by atoms with Gasteiger partial charge in [0.2, 0.25) is 0 Å². The zero-order chi connectivity index (χ0) is 24.4. The predicted molar refractivity (Wildman–Crippen MR) is 129 cm³/mol. The molecule has 1 aromatic heterocycles. The molecule has 0 fully saturated rings. The molecule has 8 heteroatoms. The Morgan fingerprint density at radius 2 is 1.60 bits per heavy atom. The lowest BCUT2D eigenvalue weighted by atomic mass is 10.1. The largest absolute Gasteiger partial charge is 0.423 e. The lowest BCUT2D eigenvalue weighted by molar-refractivity contribution is -0.384. The number of nitrogens with zero attached hydrogens (tertiary/aromatic N) is 2. The van der Waals surface area contributed by atoms with E-state index in [0.717, 1.165) is 16.5 Å². The number of halogens is 1. The third kappa shape index (κ3) is 4.41. The molecule has 0 N–H and O–H groups in total. The molecular formula is C27H19FN2O5. The van der Waals surface area contributed by atoms with Crippen molar-refractivity contribution in [2.75, 3.05) is 6.61 Å². The first kappa shape index (κ1) is 22.1. The molecule has 0 aliphatic carbocycles. The summed E-state index contributed by atoms with van der Waals surface area (Å²) in [6.07, 6.45) is 0.580. The van der Waals surface area contributed by atoms with E-state index in [1.165, 1.54) is 36.4 Å². The Morgan fingerprint density at radius 3 is 2.34 bits per heavy atom. The van der Waals surface area contributed by atoms with Crippen LogP contribution in [0.2, 0.25) is 0 Å². The lowest BCUT2D eigenvalue weighted by Gasteiger charge is -2.10. The van der Waals surface area contributed by atoms with Crippen molar-refractivity contribution < 1.29 is 23.7 Å². The summed E-state index contributed by atoms with van der Waals surface area (Å²) in [7, 11) is 0. The third-order valence-corrected chi connectivity index (χ3v) is 5.66. The smallest absolute Gasteiger partial charge is 0.344 e. The number of nitro groups is 1. The fraction of sp³-hybridized carbons (Fsp3) is 0.0741. The number of ether oxygens (including phenoxy) is 1. The zero-order valence-electron chi connectivity index (χ0n) is 18.4. The zero-order valence-corrected chi connectivity index (χ0v) is 18.4. The highest BCUT2D eigenvalue weighted by Gasteiger charge is 2.20. The first-order valence-corrected chi connectivity index (χ1v) is 10.9. The molecular weight excluding hydrogens is 451 g/mol. The highest BCUT2D eigenvalue weighted by molar-refractivity contribution is 6.17. The summed E-state index contributed by atoms with van der Waals surface area (Å²) in [4.78, 5) is 29.5. The maximum Gasteiger partial charge on any atom is 0.344 e. The average molecular weight is 470 g/mol. The summed E-state index contributed by atoms with van der Waals surface area (Å²) >= 11 is 0. The van der Waals surface area contributed by atoms with E-state index >= 15 is 0 Å². The molecule has 0 aliphatic rings. The maximum atomic E-state index is 13.2. The maximum absolute atomic E-state index is 13.2. The summed E-state index contributed by atoms with van der Waals surface area (Å²) in [5.41, 5.74) is 2.69. The van der Waals surface area contributed by atoms with Crippen LogP contribution < -0.4 is 9.57 Å². The number of fused-ring (bicyclic) bond motifs is 3. The van der Waals surface area contributed by atoms with Crippen LogP contribution in [0.15, 0.2) is 91.0 Å². The Labute approximate surface area is 199 Å². The van der Waals surface area contributed by atoms with Gasteiger partial charge in [-0.05, 0) is 48.0 Å². The predicted octanol–water partition coefficient (Wildman–Crippen LogP) is 5.73. The molecule has 35 heavy (non-hydrogen) atoms. The molecule has 5 aromatic rings. The number of rotatable bonds is 7. The van der Waals surface area contributed by atoms with E-state index in [1.54, 1.807) is 29.0 Å². The molecule has 0 saturated heterocycles. The Bertz CT molecular complexity index is 1540. The number of carbonyl (C=O) groups excluding carboxylic acids is 1. The Morgan fingerprint density at radius 1 is 0.886 bits per heavy atom. The van der Waals surface area contributed by atoms with Crippen molar-refractivity contribution in [3.05, 3.63) is 118 Å². The Hall–Kier alpha value is -4.72. The number of non-ortho nitro benzene ring substituents is 1. The van der Waals surface area contributed by atoms with E-state index in [4.69, 9.17) is 9.57 Å². The SMILES string of the molecule is O=C(Oc1ccc([N+](=O)[O-])cc1)c1cccc2c1c1ccccc1n2OCCc1ccc(F)cc1. The van der Waals surface area contributed by atoms with Crippen LogP contribution in [0.1, 0.15) is 15.9 Å². The molecule has 174 valence electrons. The van der Waals surface area contributed by atoms with Crippen LogP contribution in [0.3, 0.4) is 0 Å². The minimum Gasteiger partial charge on any atom is -0.423 e. The summed E-state index contributed by atoms with van der Waals surface area (Å²) in [6.45, 7) is 0.344. The van der Waals surface area contributed by atoms with E-state index in [9.17, 15) is 19.3 Å². The van der Waals surface area contributed by atoms with Gasteiger partial charge in [0.25, 0.3) is 5.69 Å². The highest BCUT2D eigenvalue weighted by Crippen LogP contribution is 2.32. The quantitative estimate of drug-likeness (QED) is 0.131. The molecule has 0 spiro atoms. The van der Waals surface area contributed by atoms with Gasteiger partial charge in [-0.3, -0.25) is 10.1 Å². The molecule has 0 amide bonds. The van der Waals surface area contributed by atoms with Gasteiger partial charge in [-0.15, -0.1) is 0 Å². The van der Waals surface area contributed by atoms with E-state index in [1.807, 2.05) is 30.3 Å². The monoisotopic (exact) mass is 470 g/mol. The number of hydrogen-bond acceptors (Lipinski definition) is 5. The standard InChI is InChI=1S/C27H19FN2O5/c28-19-10-8-18(9-11-19)16-17-34-29-24-6-2-1-4-22(24)26-23(5-3-7-25(26)29)27(31)35-21-14-12-20(13-15-21)30(32)33/h1-15H,16-17H2. The molecule has 0 saturated carbocycles. The number of aromatic nitrogens is 1. The molecule has 0 radical (unpaired) electrons. The van der Waals surface area contributed by atoms with E-state index in [2.05, 4.69) is 0 Å². The summed E-state index contributed by atoms with van der Waals surface area (Å²) in [5, 5.41) is 12.4. The number of para-hydroxylation sites is 1. The first-order chi connectivity index (χ1) is 17.0. The fourth-order valence-corrected chi connectivity index (χ4v) is 4.00. The van der Waals surface area contributed by atoms with Crippen molar-refractivity contribution in [1.29, 1.82) is 0 Å². The van der Waals surface area contributed by atoms with Gasteiger partial charge in [0.1, 0.15) is 18.2 Å². The van der Waals surface area contributed by atoms with Crippen molar-refractivity contribution in [2.45, 2.75) is 6.42 Å². The molecule has 4 aromatic carbocycles. The molecule has 0 atom stereocenters. The summed E-state index contributed by atoms with van der Waals surface area (Å²) < 4.78 is 20.4. The van der Waals surface area contributed by atoms with E-state index in [0.29, 0.717) is 29.5 Å². The summed E-state index contributed by atoms with van der Waals surface area (Å²) in [6, 6.07) is 24.4. The van der Waals surface area contributed by atoms with Crippen molar-refractivity contribution >= 4 is 33.5 Å². The molecule has 7 nitrogen and oxygen atoms in total. The molecule has 0 unspecified atom stereocenters. The van der Waals surface area contributed by atoms with Gasteiger partial charge in [0.15, 0.2) is 0 Å². The van der Waals surface area contributed by atoms with Gasteiger partial charge in [0.05, 0.1) is 21.5 Å². The lowest BCUT2D eigenvalue weighted by Crippen LogP contribution is -2.14. The van der Waals surface area contributed by atoms with Gasteiger partial charge in [-0.25, -0.2) is 9.18 Å². The fourth-order valence-electron chi connectivity index (χ4n) is 4.00. The Balaban J connectivity index is 1.46. The van der Waals surface area contributed by atoms with Crippen LogP contribution in [0, 0.1) is 15.9 Å². The van der Waals surface area contributed by atoms with E-state index in [-0.39, 0.29) is 17.3 Å². The van der Waals surface area contributed by atoms with Crippen LogP contribution in [-0.4, -0.2) is 22.2 Å². The van der Waals surface area contributed by atoms with Crippen LogP contribution in [0.25, 0.3) is 21.8 Å². The van der Waals surface area contributed by atoms with Crippen molar-refractivity contribution in [3.63, 3.8) is 0 Å². The van der Waals surface area contributed by atoms with Crippen LogP contribution in [0.4, 0.5) is 10.1 Å². The van der Waals surface area contributed by atoms with Gasteiger partial charge in [-0.2, -0.15) is 4.73 Å². The second-order valence-electron chi connectivity index (χ2n) is 7.86. The Kier molecular flexibility index (Phi) is 5.85. The first-order valence-electron chi connectivity index (χ1n) is 10.9. The number of nitro benzene ring substituents is 1. The van der Waals surface area contributed by atoms with Gasteiger partial charge in [0, 0.05) is 29.3 Å². The third-order valence-electron chi connectivity index (χ3n) is 5.66. The van der Waals surface area contributed by atoms with Gasteiger partial charge >= 0.3 is 5.97 Å². The molecule has 0 bridgehead atoms. The number of benzene rings is 4. The average Bonchev–Trinajstić information content (AvgIpc) is 3.19. The summed E-state index contributed by atoms with van der Waals surface area (Å²) in [5.74, 6) is -0.666. The highest BCUT2D eigenvalue weighted by atomic mass is 19.1. The molecule has 1 heterocycles. The number of hydrogen-bond donors (Lipinski definition) is 0. The minimum absolute atomic E-state index is 0.0900.